The van der Waals surface area contributed by atoms with Gasteiger partial charge in [-0.25, -0.2) is 18.7 Å². The Balaban J connectivity index is 1.47. The number of rotatable bonds is 7. The van der Waals surface area contributed by atoms with E-state index in [-0.39, 0.29) is 23.1 Å². The van der Waals surface area contributed by atoms with E-state index in [1.807, 2.05) is 0 Å². The Morgan fingerprint density at radius 2 is 1.88 bits per heavy atom. The summed E-state index contributed by atoms with van der Waals surface area (Å²) in [7, 11) is 0. The van der Waals surface area contributed by atoms with Crippen LogP contribution in [0.3, 0.4) is 0 Å². The highest BCUT2D eigenvalue weighted by Gasteiger charge is 2.24. The molecule has 3 rings (SSSR count). The number of esters is 1. The van der Waals surface area contributed by atoms with Crippen molar-refractivity contribution in [2.45, 2.75) is 32.7 Å². The molecule has 0 spiro atoms. The quantitative estimate of drug-likeness (QED) is 0.470. The molecular weight excluding hydrogens is 467 g/mol. The summed E-state index contributed by atoms with van der Waals surface area (Å²) in [4.78, 5) is 37.5. The molecule has 1 aliphatic rings. The number of nitrogens with zero attached hydrogens (tertiary/aromatic N) is 3. The maximum absolute atomic E-state index is 13.2. The average molecular weight is 493 g/mol. The second-order valence-corrected chi connectivity index (χ2v) is 8.00. The molecule has 1 aliphatic heterocycles. The summed E-state index contributed by atoms with van der Waals surface area (Å²) in [5.41, 5.74) is 1.63. The molecule has 1 saturated heterocycles. The zero-order valence-electron chi connectivity index (χ0n) is 18.9. The van der Waals surface area contributed by atoms with Crippen molar-refractivity contribution < 1.29 is 28.2 Å². The molecule has 34 heavy (non-hydrogen) atoms. The van der Waals surface area contributed by atoms with Gasteiger partial charge in [-0.3, -0.25) is 4.79 Å². The first kappa shape index (κ1) is 25.2. The molecule has 182 valence electrons. The van der Waals surface area contributed by atoms with E-state index in [0.717, 1.165) is 6.08 Å². The minimum absolute atomic E-state index is 0.105. The third kappa shape index (κ3) is 6.57. The van der Waals surface area contributed by atoms with Crippen LogP contribution in [0.15, 0.2) is 30.3 Å². The SMILES string of the molecule is CCOC(=O)N1CCC(NC(=O)COC(=O)/C=C/c2c(C)nn(-c3ccc(F)cc3)c2Cl)CC1. The second-order valence-electron chi connectivity index (χ2n) is 7.65. The second kappa shape index (κ2) is 11.6. The van der Waals surface area contributed by atoms with Crippen molar-refractivity contribution in [2.75, 3.05) is 26.3 Å². The van der Waals surface area contributed by atoms with E-state index in [0.29, 0.717) is 49.5 Å². The summed E-state index contributed by atoms with van der Waals surface area (Å²) >= 11 is 6.38. The topological polar surface area (TPSA) is 103 Å². The Hall–Kier alpha value is -3.40. The summed E-state index contributed by atoms with van der Waals surface area (Å²) in [6.07, 6.45) is 3.45. The minimum atomic E-state index is -0.711. The normalized spacial score (nSPS) is 14.3. The van der Waals surface area contributed by atoms with Gasteiger partial charge < -0.3 is 19.7 Å². The van der Waals surface area contributed by atoms with Crippen molar-refractivity contribution in [1.29, 1.82) is 0 Å². The molecule has 0 bridgehead atoms. The maximum Gasteiger partial charge on any atom is 0.409 e. The molecule has 11 heteroatoms. The molecule has 0 saturated carbocycles. The first-order chi connectivity index (χ1) is 16.3. The van der Waals surface area contributed by atoms with Crippen LogP contribution in [0.1, 0.15) is 31.0 Å². The number of aromatic nitrogens is 2. The van der Waals surface area contributed by atoms with Crippen LogP contribution in [0.4, 0.5) is 9.18 Å². The van der Waals surface area contributed by atoms with Crippen LogP contribution in [0, 0.1) is 12.7 Å². The minimum Gasteiger partial charge on any atom is -0.452 e. The Morgan fingerprint density at radius 3 is 2.53 bits per heavy atom. The number of ether oxygens (including phenoxy) is 2. The van der Waals surface area contributed by atoms with E-state index in [1.54, 1.807) is 18.7 Å². The number of carbonyl (C=O) groups excluding carboxylic acids is 3. The standard InChI is InChI=1S/C23H26ClFN4O5/c1-3-33-23(32)28-12-10-17(11-13-28)26-20(30)14-34-21(31)9-8-19-15(2)27-29(22(19)24)18-6-4-16(25)5-7-18/h4-9,17H,3,10-14H2,1-2H3,(H,26,30)/b9-8+. The van der Waals surface area contributed by atoms with Gasteiger partial charge in [-0.05, 0) is 57.0 Å². The maximum atomic E-state index is 13.2. The third-order valence-corrected chi connectivity index (χ3v) is 5.60. The fourth-order valence-electron chi connectivity index (χ4n) is 3.48. The van der Waals surface area contributed by atoms with Crippen LogP contribution in [-0.4, -0.2) is 65.0 Å². The van der Waals surface area contributed by atoms with E-state index >= 15 is 0 Å². The van der Waals surface area contributed by atoms with Gasteiger partial charge in [-0.1, -0.05) is 11.6 Å². The number of benzene rings is 1. The molecule has 1 aromatic heterocycles. The lowest BCUT2D eigenvalue weighted by atomic mass is 10.1. The number of hydrogen-bond donors (Lipinski definition) is 1. The van der Waals surface area contributed by atoms with E-state index in [9.17, 15) is 18.8 Å². The molecule has 1 fully saturated rings. The van der Waals surface area contributed by atoms with Crippen LogP contribution < -0.4 is 5.32 Å². The van der Waals surface area contributed by atoms with Gasteiger partial charge in [-0.2, -0.15) is 5.10 Å². The fourth-order valence-corrected chi connectivity index (χ4v) is 3.82. The van der Waals surface area contributed by atoms with Crippen molar-refractivity contribution >= 4 is 35.6 Å². The highest BCUT2D eigenvalue weighted by molar-refractivity contribution is 6.31. The fraction of sp³-hybridized carbons (Fsp3) is 0.391. The predicted molar refractivity (Wildman–Crippen MR) is 123 cm³/mol. The summed E-state index contributed by atoms with van der Waals surface area (Å²) < 4.78 is 24.6. The van der Waals surface area contributed by atoms with E-state index in [1.165, 1.54) is 35.0 Å². The number of hydrogen-bond acceptors (Lipinski definition) is 6. The van der Waals surface area contributed by atoms with Crippen LogP contribution in [-0.2, 0) is 19.1 Å². The summed E-state index contributed by atoms with van der Waals surface area (Å²) in [5.74, 6) is -1.51. The zero-order chi connectivity index (χ0) is 24.7. The van der Waals surface area contributed by atoms with Crippen molar-refractivity contribution in [3.05, 3.63) is 52.6 Å². The first-order valence-corrected chi connectivity index (χ1v) is 11.2. The molecular formula is C23H26ClFN4O5. The molecule has 2 heterocycles. The Morgan fingerprint density at radius 1 is 1.21 bits per heavy atom. The van der Waals surface area contributed by atoms with Crippen molar-refractivity contribution in [1.82, 2.24) is 20.0 Å². The number of halogens is 2. The molecule has 0 unspecified atom stereocenters. The van der Waals surface area contributed by atoms with Gasteiger partial charge in [0.25, 0.3) is 5.91 Å². The predicted octanol–water partition coefficient (Wildman–Crippen LogP) is 3.27. The molecule has 0 aliphatic carbocycles. The lowest BCUT2D eigenvalue weighted by Gasteiger charge is -2.31. The van der Waals surface area contributed by atoms with Crippen molar-refractivity contribution in [2.24, 2.45) is 0 Å². The molecule has 1 aromatic carbocycles. The van der Waals surface area contributed by atoms with Gasteiger partial charge in [0.2, 0.25) is 0 Å². The number of piperidine rings is 1. The number of amides is 2. The number of carbonyl (C=O) groups is 3. The number of likely N-dealkylation sites (tertiary alicyclic amines) is 1. The lowest BCUT2D eigenvalue weighted by Crippen LogP contribution is -2.47. The van der Waals surface area contributed by atoms with Crippen LogP contribution in [0.5, 0.6) is 0 Å². The van der Waals surface area contributed by atoms with E-state index < -0.39 is 18.5 Å². The average Bonchev–Trinajstić information content (AvgIpc) is 3.10. The Kier molecular flexibility index (Phi) is 8.64. The van der Waals surface area contributed by atoms with E-state index in [2.05, 4.69) is 10.4 Å². The largest absolute Gasteiger partial charge is 0.452 e. The zero-order valence-corrected chi connectivity index (χ0v) is 19.7. The molecule has 2 aromatic rings. The summed E-state index contributed by atoms with van der Waals surface area (Å²) in [6.45, 7) is 4.33. The highest BCUT2D eigenvalue weighted by Crippen LogP contribution is 2.25. The Bertz CT molecular complexity index is 1060. The van der Waals surface area contributed by atoms with Crippen LogP contribution in [0.25, 0.3) is 11.8 Å². The summed E-state index contributed by atoms with van der Waals surface area (Å²) in [6, 6.07) is 5.56. The summed E-state index contributed by atoms with van der Waals surface area (Å²) in [5, 5.41) is 7.37. The van der Waals surface area contributed by atoms with Gasteiger partial charge in [0.1, 0.15) is 11.0 Å². The molecule has 2 amide bonds. The number of nitrogens with one attached hydrogen (secondary N) is 1. The lowest BCUT2D eigenvalue weighted by molar-refractivity contribution is -0.144. The van der Waals surface area contributed by atoms with Gasteiger partial charge in [-0.15, -0.1) is 0 Å². The Labute approximate surface area is 201 Å². The van der Waals surface area contributed by atoms with Crippen molar-refractivity contribution in [3.8, 4) is 5.69 Å². The van der Waals surface area contributed by atoms with Crippen LogP contribution >= 0.6 is 11.6 Å². The highest BCUT2D eigenvalue weighted by atomic mass is 35.5. The van der Waals surface area contributed by atoms with Crippen molar-refractivity contribution in [3.63, 3.8) is 0 Å². The number of aryl methyl sites for hydroxylation is 1. The smallest absolute Gasteiger partial charge is 0.409 e. The molecule has 1 N–H and O–H groups in total. The van der Waals surface area contributed by atoms with E-state index in [4.69, 9.17) is 21.1 Å². The van der Waals surface area contributed by atoms with Gasteiger partial charge in [0.15, 0.2) is 6.61 Å². The van der Waals surface area contributed by atoms with Crippen LogP contribution in [0.2, 0.25) is 5.15 Å². The monoisotopic (exact) mass is 492 g/mol. The molecule has 0 radical (unpaired) electrons. The van der Waals surface area contributed by atoms with Gasteiger partial charge >= 0.3 is 12.1 Å². The first-order valence-electron chi connectivity index (χ1n) is 10.9. The molecule has 9 nitrogen and oxygen atoms in total. The van der Waals surface area contributed by atoms with Gasteiger partial charge in [0, 0.05) is 30.8 Å². The molecule has 0 atom stereocenters. The third-order valence-electron chi connectivity index (χ3n) is 5.24. The van der Waals surface area contributed by atoms with Gasteiger partial charge in [0.05, 0.1) is 18.0 Å².